The predicted molar refractivity (Wildman–Crippen MR) is 43.3 cm³/mol. The van der Waals surface area contributed by atoms with Gasteiger partial charge in [-0.2, -0.15) is 0 Å². The fourth-order valence-electron chi connectivity index (χ4n) is 0.742. The van der Waals surface area contributed by atoms with Crippen molar-refractivity contribution in [3.8, 4) is 0 Å². The van der Waals surface area contributed by atoms with Crippen molar-refractivity contribution in [1.82, 2.24) is 0 Å². The van der Waals surface area contributed by atoms with Crippen LogP contribution in [0.2, 0.25) is 0 Å². The zero-order valence-corrected chi connectivity index (χ0v) is 6.90. The second-order valence-electron chi connectivity index (χ2n) is 2.13. The van der Waals surface area contributed by atoms with Crippen LogP contribution in [0.1, 0.15) is 20.3 Å². The highest BCUT2D eigenvalue weighted by atomic mass is 16.5. The molecule has 0 amide bonds. The van der Waals surface area contributed by atoms with Crippen LogP contribution in [-0.4, -0.2) is 7.11 Å². The van der Waals surface area contributed by atoms with E-state index in [0.717, 1.165) is 17.8 Å². The molecular weight excluding hydrogens is 126 g/mol. The average molecular weight is 141 g/mol. The zero-order chi connectivity index (χ0) is 8.15. The van der Waals surface area contributed by atoms with Gasteiger partial charge in [-0.15, -0.1) is 0 Å². The van der Waals surface area contributed by atoms with Crippen molar-refractivity contribution in [3.63, 3.8) is 0 Å². The standard InChI is InChI=1S/C8H15NO/c1-5-8(10-4)6(2)7(3)9/h3,5,9H2,1-2,4H3/b8-6+. The van der Waals surface area contributed by atoms with Crippen LogP contribution in [-0.2, 0) is 4.74 Å². The monoisotopic (exact) mass is 141 g/mol. The van der Waals surface area contributed by atoms with E-state index in [2.05, 4.69) is 6.58 Å². The van der Waals surface area contributed by atoms with Crippen LogP contribution in [0.3, 0.4) is 0 Å². The van der Waals surface area contributed by atoms with E-state index in [-0.39, 0.29) is 0 Å². The Morgan fingerprint density at radius 1 is 1.60 bits per heavy atom. The van der Waals surface area contributed by atoms with Crippen molar-refractivity contribution >= 4 is 0 Å². The molecule has 0 aliphatic heterocycles. The summed E-state index contributed by atoms with van der Waals surface area (Å²) in [5.74, 6) is 0.910. The summed E-state index contributed by atoms with van der Waals surface area (Å²) in [6, 6.07) is 0. The largest absolute Gasteiger partial charge is 0.501 e. The van der Waals surface area contributed by atoms with E-state index in [4.69, 9.17) is 10.5 Å². The molecule has 2 N–H and O–H groups in total. The summed E-state index contributed by atoms with van der Waals surface area (Å²) in [6.07, 6.45) is 0.860. The molecule has 10 heavy (non-hydrogen) atoms. The molecular formula is C8H15NO. The van der Waals surface area contributed by atoms with Gasteiger partial charge >= 0.3 is 0 Å². The number of rotatable bonds is 3. The SMILES string of the molecule is C=C(N)/C(C)=C(\CC)OC. The quantitative estimate of drug-likeness (QED) is 0.480. The van der Waals surface area contributed by atoms with E-state index in [1.54, 1.807) is 7.11 Å². The van der Waals surface area contributed by atoms with Crippen molar-refractivity contribution in [1.29, 1.82) is 0 Å². The minimum atomic E-state index is 0.582. The number of nitrogens with two attached hydrogens (primary N) is 1. The first-order chi connectivity index (χ1) is 4.63. The molecule has 2 heteroatoms. The van der Waals surface area contributed by atoms with Crippen molar-refractivity contribution in [2.24, 2.45) is 5.73 Å². The maximum atomic E-state index is 5.46. The van der Waals surface area contributed by atoms with Gasteiger partial charge in [0.2, 0.25) is 0 Å². The summed E-state index contributed by atoms with van der Waals surface area (Å²) in [5.41, 5.74) is 6.99. The topological polar surface area (TPSA) is 35.2 Å². The van der Waals surface area contributed by atoms with Crippen molar-refractivity contribution < 1.29 is 4.74 Å². The Labute approximate surface area is 62.4 Å². The van der Waals surface area contributed by atoms with Crippen molar-refractivity contribution in [2.45, 2.75) is 20.3 Å². The summed E-state index contributed by atoms with van der Waals surface area (Å²) in [5, 5.41) is 0. The fraction of sp³-hybridized carbons (Fsp3) is 0.500. The number of ether oxygens (including phenoxy) is 1. The minimum absolute atomic E-state index is 0.582. The van der Waals surface area contributed by atoms with E-state index in [1.165, 1.54) is 0 Å². The summed E-state index contributed by atoms with van der Waals surface area (Å²) < 4.78 is 5.06. The van der Waals surface area contributed by atoms with Crippen LogP contribution >= 0.6 is 0 Å². The van der Waals surface area contributed by atoms with E-state index in [9.17, 15) is 0 Å². The molecule has 0 aromatic carbocycles. The highest BCUT2D eigenvalue weighted by Crippen LogP contribution is 2.11. The van der Waals surface area contributed by atoms with Gasteiger partial charge in [-0.25, -0.2) is 0 Å². The Hall–Kier alpha value is -0.920. The van der Waals surface area contributed by atoms with Crippen LogP contribution in [0.25, 0.3) is 0 Å². The number of hydrogen-bond donors (Lipinski definition) is 1. The first-order valence-electron chi connectivity index (χ1n) is 3.32. The zero-order valence-electron chi connectivity index (χ0n) is 6.90. The number of hydrogen-bond acceptors (Lipinski definition) is 2. The first kappa shape index (κ1) is 9.08. The third-order valence-corrected chi connectivity index (χ3v) is 1.47. The highest BCUT2D eigenvalue weighted by molar-refractivity contribution is 5.25. The van der Waals surface area contributed by atoms with E-state index in [0.29, 0.717) is 5.70 Å². The molecule has 0 saturated carbocycles. The van der Waals surface area contributed by atoms with Gasteiger partial charge in [0.15, 0.2) is 0 Å². The lowest BCUT2D eigenvalue weighted by molar-refractivity contribution is 0.276. The lowest BCUT2D eigenvalue weighted by atomic mass is 10.2. The van der Waals surface area contributed by atoms with Gasteiger partial charge < -0.3 is 10.5 Å². The second kappa shape index (κ2) is 3.99. The Bertz CT molecular complexity index is 153. The van der Waals surface area contributed by atoms with Crippen molar-refractivity contribution in [2.75, 3.05) is 7.11 Å². The molecule has 0 aliphatic carbocycles. The van der Waals surface area contributed by atoms with Gasteiger partial charge in [0.1, 0.15) is 5.76 Å². The predicted octanol–water partition coefficient (Wildman–Crippen LogP) is 1.79. The van der Waals surface area contributed by atoms with E-state index >= 15 is 0 Å². The van der Waals surface area contributed by atoms with Gasteiger partial charge in [-0.3, -0.25) is 0 Å². The van der Waals surface area contributed by atoms with Crippen LogP contribution in [0.5, 0.6) is 0 Å². The van der Waals surface area contributed by atoms with Gasteiger partial charge in [0, 0.05) is 17.7 Å². The molecule has 0 aromatic heterocycles. The summed E-state index contributed by atoms with van der Waals surface area (Å²) in [7, 11) is 1.64. The Kier molecular flexibility index (Phi) is 3.62. The molecule has 0 bridgehead atoms. The number of allylic oxidation sites excluding steroid dienone is 2. The Morgan fingerprint density at radius 2 is 2.10 bits per heavy atom. The molecule has 0 rings (SSSR count). The molecule has 0 heterocycles. The molecule has 58 valence electrons. The van der Waals surface area contributed by atoms with Gasteiger partial charge in [-0.05, 0) is 6.92 Å². The highest BCUT2D eigenvalue weighted by Gasteiger charge is 1.99. The van der Waals surface area contributed by atoms with Gasteiger partial charge in [0.25, 0.3) is 0 Å². The minimum Gasteiger partial charge on any atom is -0.501 e. The van der Waals surface area contributed by atoms with E-state index in [1.807, 2.05) is 13.8 Å². The molecule has 2 nitrogen and oxygen atoms in total. The van der Waals surface area contributed by atoms with E-state index < -0.39 is 0 Å². The molecule has 0 fully saturated rings. The summed E-state index contributed by atoms with van der Waals surface area (Å²) >= 11 is 0. The van der Waals surface area contributed by atoms with Crippen LogP contribution in [0, 0.1) is 0 Å². The van der Waals surface area contributed by atoms with Crippen LogP contribution < -0.4 is 5.73 Å². The Morgan fingerprint density at radius 3 is 2.20 bits per heavy atom. The second-order valence-corrected chi connectivity index (χ2v) is 2.13. The maximum absolute atomic E-state index is 5.46. The van der Waals surface area contributed by atoms with Crippen LogP contribution in [0.15, 0.2) is 23.6 Å². The molecule has 0 saturated heterocycles. The third-order valence-electron chi connectivity index (χ3n) is 1.47. The molecule has 0 aromatic rings. The maximum Gasteiger partial charge on any atom is 0.100 e. The number of methoxy groups -OCH3 is 1. The lowest BCUT2D eigenvalue weighted by Crippen LogP contribution is -2.00. The molecule has 0 atom stereocenters. The fourth-order valence-corrected chi connectivity index (χ4v) is 0.742. The normalized spacial score (nSPS) is 12.3. The molecule has 0 radical (unpaired) electrons. The third kappa shape index (κ3) is 2.13. The molecule has 0 spiro atoms. The van der Waals surface area contributed by atoms with Gasteiger partial charge in [0.05, 0.1) is 7.11 Å². The summed E-state index contributed by atoms with van der Waals surface area (Å²) in [6.45, 7) is 7.54. The van der Waals surface area contributed by atoms with Crippen LogP contribution in [0.4, 0.5) is 0 Å². The molecule has 0 unspecified atom stereocenters. The lowest BCUT2D eigenvalue weighted by Gasteiger charge is -2.07. The average Bonchev–Trinajstić information content (AvgIpc) is 1.90. The Balaban J connectivity index is 4.43. The molecule has 0 aliphatic rings. The summed E-state index contributed by atoms with van der Waals surface area (Å²) in [4.78, 5) is 0. The van der Waals surface area contributed by atoms with Gasteiger partial charge in [-0.1, -0.05) is 13.5 Å². The smallest absolute Gasteiger partial charge is 0.100 e. The first-order valence-corrected chi connectivity index (χ1v) is 3.32. The van der Waals surface area contributed by atoms with Crippen molar-refractivity contribution in [3.05, 3.63) is 23.6 Å².